The first kappa shape index (κ1) is 25.5. The molecule has 4 rings (SSSR count). The van der Waals surface area contributed by atoms with Gasteiger partial charge in [0.2, 0.25) is 5.89 Å². The molecule has 0 fully saturated rings. The number of rotatable bonds is 10. The van der Waals surface area contributed by atoms with E-state index < -0.39 is 17.6 Å². The Kier molecular flexibility index (Phi) is 8.09. The predicted molar refractivity (Wildman–Crippen MR) is 129 cm³/mol. The molecule has 0 aliphatic carbocycles. The van der Waals surface area contributed by atoms with Gasteiger partial charge in [0, 0.05) is 29.3 Å². The lowest BCUT2D eigenvalue weighted by molar-refractivity contribution is -0.137. The van der Waals surface area contributed by atoms with Crippen LogP contribution in [-0.2, 0) is 25.1 Å². The number of thioether (sulfide) groups is 1. The predicted octanol–water partition coefficient (Wildman–Crippen LogP) is 6.42. The lowest BCUT2D eigenvalue weighted by atomic mass is 10.1. The van der Waals surface area contributed by atoms with Gasteiger partial charge in [-0.25, -0.2) is 9.37 Å². The summed E-state index contributed by atoms with van der Waals surface area (Å²) in [6, 6.07) is 8.23. The zero-order valence-corrected chi connectivity index (χ0v) is 20.0. The molecule has 0 radical (unpaired) electrons. The molecule has 0 amide bonds. The van der Waals surface area contributed by atoms with Crippen LogP contribution in [0, 0.1) is 12.7 Å². The molecule has 0 saturated heterocycles. The van der Waals surface area contributed by atoms with Crippen molar-refractivity contribution in [2.75, 3.05) is 5.75 Å². The van der Waals surface area contributed by atoms with Gasteiger partial charge in [0.1, 0.15) is 30.1 Å². The maximum atomic E-state index is 14.0. The lowest BCUT2D eigenvalue weighted by Crippen LogP contribution is -2.05. The van der Waals surface area contributed by atoms with Crippen molar-refractivity contribution in [3.8, 4) is 5.75 Å². The molecule has 2 aromatic heterocycles. The highest BCUT2D eigenvalue weighted by atomic mass is 32.2. The first-order valence-electron chi connectivity index (χ1n) is 10.9. The van der Waals surface area contributed by atoms with Crippen LogP contribution in [-0.4, -0.2) is 25.7 Å². The SMILES string of the molecule is Cc1cc(OCc2coc(C=Cc3ccc(C(F)(F)F)cc3F)n2)ccc1CSCCn1ccnn1. The number of halogens is 4. The Bertz CT molecular complexity index is 1320. The number of benzene rings is 2. The van der Waals surface area contributed by atoms with E-state index >= 15 is 0 Å². The molecule has 0 aliphatic rings. The van der Waals surface area contributed by atoms with Crippen LogP contribution in [0.15, 0.2) is 59.5 Å². The van der Waals surface area contributed by atoms with Crippen LogP contribution in [0.2, 0.25) is 0 Å². The van der Waals surface area contributed by atoms with Crippen molar-refractivity contribution < 1.29 is 26.7 Å². The van der Waals surface area contributed by atoms with E-state index in [1.165, 1.54) is 24.0 Å². The van der Waals surface area contributed by atoms with E-state index in [4.69, 9.17) is 9.15 Å². The highest BCUT2D eigenvalue weighted by Crippen LogP contribution is 2.30. The van der Waals surface area contributed by atoms with Gasteiger partial charge in [0.15, 0.2) is 0 Å². The summed E-state index contributed by atoms with van der Waals surface area (Å²) < 4.78 is 64.9. The molecular formula is C25H22F4N4O2S. The summed E-state index contributed by atoms with van der Waals surface area (Å²) in [7, 11) is 0. The fourth-order valence-corrected chi connectivity index (χ4v) is 4.24. The van der Waals surface area contributed by atoms with Crippen LogP contribution in [0.3, 0.4) is 0 Å². The molecular weight excluding hydrogens is 496 g/mol. The summed E-state index contributed by atoms with van der Waals surface area (Å²) in [4.78, 5) is 4.24. The summed E-state index contributed by atoms with van der Waals surface area (Å²) in [6.45, 7) is 3.00. The maximum Gasteiger partial charge on any atom is 0.416 e. The van der Waals surface area contributed by atoms with Crippen LogP contribution in [0.5, 0.6) is 5.75 Å². The van der Waals surface area contributed by atoms with E-state index in [-0.39, 0.29) is 18.1 Å². The molecule has 0 unspecified atom stereocenters. The van der Waals surface area contributed by atoms with Crippen molar-refractivity contribution in [1.29, 1.82) is 0 Å². The van der Waals surface area contributed by atoms with Gasteiger partial charge in [-0.05, 0) is 48.4 Å². The normalized spacial score (nSPS) is 11.9. The Morgan fingerprint density at radius 1 is 1.14 bits per heavy atom. The first-order valence-corrected chi connectivity index (χ1v) is 12.1. The molecule has 36 heavy (non-hydrogen) atoms. The fourth-order valence-electron chi connectivity index (χ4n) is 3.23. The number of aromatic nitrogens is 4. The highest BCUT2D eigenvalue weighted by molar-refractivity contribution is 7.98. The quantitative estimate of drug-likeness (QED) is 0.178. The molecule has 0 saturated carbocycles. The smallest absolute Gasteiger partial charge is 0.416 e. The topological polar surface area (TPSA) is 66.0 Å². The average Bonchev–Trinajstić information content (AvgIpc) is 3.52. The van der Waals surface area contributed by atoms with Crippen LogP contribution >= 0.6 is 11.8 Å². The van der Waals surface area contributed by atoms with E-state index in [2.05, 4.69) is 15.3 Å². The Hall–Kier alpha value is -3.60. The van der Waals surface area contributed by atoms with Crippen LogP contribution in [0.4, 0.5) is 17.6 Å². The Balaban J connectivity index is 1.27. The molecule has 0 atom stereocenters. The first-order chi connectivity index (χ1) is 17.3. The number of aryl methyl sites for hydroxylation is 2. The molecule has 11 heteroatoms. The zero-order valence-electron chi connectivity index (χ0n) is 19.2. The molecule has 188 valence electrons. The maximum absolute atomic E-state index is 14.0. The Morgan fingerprint density at radius 3 is 2.72 bits per heavy atom. The minimum Gasteiger partial charge on any atom is -0.487 e. The molecule has 0 N–H and O–H groups in total. The average molecular weight is 519 g/mol. The van der Waals surface area contributed by atoms with E-state index in [0.29, 0.717) is 17.5 Å². The van der Waals surface area contributed by atoms with Crippen LogP contribution < -0.4 is 4.74 Å². The van der Waals surface area contributed by atoms with Crippen molar-refractivity contribution in [1.82, 2.24) is 20.0 Å². The second kappa shape index (κ2) is 11.4. The number of nitrogens with zero attached hydrogens (tertiary/aromatic N) is 4. The van der Waals surface area contributed by atoms with Gasteiger partial charge in [-0.3, -0.25) is 4.68 Å². The van der Waals surface area contributed by atoms with Crippen molar-refractivity contribution in [2.45, 2.75) is 32.0 Å². The van der Waals surface area contributed by atoms with Crippen LogP contribution in [0.25, 0.3) is 12.2 Å². The molecule has 0 aliphatic heterocycles. The van der Waals surface area contributed by atoms with Gasteiger partial charge in [-0.1, -0.05) is 17.3 Å². The zero-order chi connectivity index (χ0) is 25.5. The minimum atomic E-state index is -4.60. The number of oxazole rings is 1. The Morgan fingerprint density at radius 2 is 2.00 bits per heavy atom. The molecule has 4 aromatic rings. The van der Waals surface area contributed by atoms with Crippen molar-refractivity contribution >= 4 is 23.9 Å². The summed E-state index contributed by atoms with van der Waals surface area (Å²) in [5, 5.41) is 7.74. The molecule has 2 aromatic carbocycles. The van der Waals surface area contributed by atoms with Gasteiger partial charge in [0.05, 0.1) is 18.3 Å². The van der Waals surface area contributed by atoms with Gasteiger partial charge in [-0.15, -0.1) is 5.10 Å². The third kappa shape index (κ3) is 6.97. The molecule has 0 bridgehead atoms. The second-order valence-corrected chi connectivity index (χ2v) is 8.95. The Labute approximate surface area is 209 Å². The number of hydrogen-bond acceptors (Lipinski definition) is 6. The van der Waals surface area contributed by atoms with Crippen molar-refractivity contribution in [2.24, 2.45) is 0 Å². The monoisotopic (exact) mass is 518 g/mol. The number of alkyl halides is 3. The second-order valence-electron chi connectivity index (χ2n) is 7.84. The van der Waals surface area contributed by atoms with Gasteiger partial charge < -0.3 is 9.15 Å². The summed E-state index contributed by atoms with van der Waals surface area (Å²) in [5.41, 5.74) is 1.80. The summed E-state index contributed by atoms with van der Waals surface area (Å²) in [5.74, 6) is 1.69. The van der Waals surface area contributed by atoms with E-state index in [1.807, 2.05) is 43.1 Å². The summed E-state index contributed by atoms with van der Waals surface area (Å²) in [6.07, 6.45) is 3.00. The van der Waals surface area contributed by atoms with Gasteiger partial charge in [-0.2, -0.15) is 24.9 Å². The van der Waals surface area contributed by atoms with E-state index in [9.17, 15) is 17.6 Å². The van der Waals surface area contributed by atoms with E-state index in [0.717, 1.165) is 35.7 Å². The standard InChI is InChI=1S/C25H22F4N4O2S/c1-17-12-22(6-3-19(17)16-36-11-10-33-9-8-30-32-33)34-14-21-15-35-24(31-21)7-4-18-2-5-20(13-23(18)26)25(27,28)29/h2-9,12-13,15H,10-11,14,16H2,1H3. The number of hydrogen-bond donors (Lipinski definition) is 0. The minimum absolute atomic E-state index is 0.00822. The fraction of sp³-hybridized carbons (Fsp3) is 0.240. The van der Waals surface area contributed by atoms with Crippen molar-refractivity contribution in [3.63, 3.8) is 0 Å². The third-order valence-corrected chi connectivity index (χ3v) is 6.18. The lowest BCUT2D eigenvalue weighted by Gasteiger charge is -2.09. The molecule has 2 heterocycles. The molecule has 6 nitrogen and oxygen atoms in total. The number of ether oxygens (including phenoxy) is 1. The van der Waals surface area contributed by atoms with Crippen LogP contribution in [0.1, 0.15) is 33.8 Å². The van der Waals surface area contributed by atoms with E-state index in [1.54, 1.807) is 10.9 Å². The summed E-state index contributed by atoms with van der Waals surface area (Å²) >= 11 is 1.81. The third-order valence-electron chi connectivity index (χ3n) is 5.20. The van der Waals surface area contributed by atoms with Gasteiger partial charge >= 0.3 is 6.18 Å². The van der Waals surface area contributed by atoms with Crippen molar-refractivity contribution in [3.05, 3.63) is 94.7 Å². The largest absolute Gasteiger partial charge is 0.487 e. The highest BCUT2D eigenvalue weighted by Gasteiger charge is 2.30. The molecule has 0 spiro atoms. The van der Waals surface area contributed by atoms with Gasteiger partial charge in [0.25, 0.3) is 0 Å².